The van der Waals surface area contributed by atoms with Crippen LogP contribution >= 0.6 is 11.3 Å². The molecule has 1 amide bonds. The van der Waals surface area contributed by atoms with Gasteiger partial charge in [-0.25, -0.2) is 4.39 Å². The predicted molar refractivity (Wildman–Crippen MR) is 80.2 cm³/mol. The molecule has 1 atom stereocenters. The zero-order chi connectivity index (χ0) is 15.4. The van der Waals surface area contributed by atoms with E-state index in [0.717, 1.165) is 4.70 Å². The molecule has 0 spiro atoms. The van der Waals surface area contributed by atoms with E-state index in [1.165, 1.54) is 23.5 Å². The highest BCUT2D eigenvalue weighted by molar-refractivity contribution is 7.20. The van der Waals surface area contributed by atoms with Gasteiger partial charge in [0.15, 0.2) is 0 Å². The third kappa shape index (κ3) is 4.01. The van der Waals surface area contributed by atoms with E-state index >= 15 is 0 Å². The van der Waals surface area contributed by atoms with Crippen molar-refractivity contribution >= 4 is 33.3 Å². The van der Waals surface area contributed by atoms with Crippen molar-refractivity contribution in [3.8, 4) is 0 Å². The summed E-state index contributed by atoms with van der Waals surface area (Å²) in [6, 6.07) is 6.09. The quantitative estimate of drug-likeness (QED) is 0.805. The molecule has 1 aromatic heterocycles. The van der Waals surface area contributed by atoms with Crippen LogP contribution in [0.4, 0.5) is 4.39 Å². The van der Waals surface area contributed by atoms with Crippen LogP contribution in [-0.2, 0) is 4.79 Å². The molecule has 1 unspecified atom stereocenters. The Morgan fingerprint density at radius 2 is 2.14 bits per heavy atom. The number of hydrogen-bond acceptors (Lipinski definition) is 3. The van der Waals surface area contributed by atoms with Crippen LogP contribution < -0.4 is 5.32 Å². The number of nitrogens with one attached hydrogen (secondary N) is 1. The van der Waals surface area contributed by atoms with Crippen LogP contribution in [0.5, 0.6) is 0 Å². The Morgan fingerprint density at radius 1 is 1.38 bits per heavy atom. The van der Waals surface area contributed by atoms with Gasteiger partial charge in [-0.3, -0.25) is 9.59 Å². The first-order valence-electron chi connectivity index (χ1n) is 6.67. The predicted octanol–water partition coefficient (Wildman–Crippen LogP) is 3.27. The SMILES string of the molecule is CC(CCCNC(=O)c1cc2cc(F)ccc2s1)C(=O)O. The minimum Gasteiger partial charge on any atom is -0.481 e. The van der Waals surface area contributed by atoms with Gasteiger partial charge < -0.3 is 10.4 Å². The van der Waals surface area contributed by atoms with Gasteiger partial charge in [0.1, 0.15) is 5.82 Å². The first kappa shape index (κ1) is 15.4. The summed E-state index contributed by atoms with van der Waals surface area (Å²) >= 11 is 1.31. The molecule has 0 radical (unpaired) electrons. The summed E-state index contributed by atoms with van der Waals surface area (Å²) in [6.07, 6.45) is 1.13. The van der Waals surface area contributed by atoms with E-state index in [9.17, 15) is 14.0 Å². The number of carbonyl (C=O) groups is 2. The maximum absolute atomic E-state index is 13.1. The average Bonchev–Trinajstić information content (AvgIpc) is 2.85. The second-order valence-corrected chi connectivity index (χ2v) is 6.01. The average molecular weight is 309 g/mol. The van der Waals surface area contributed by atoms with E-state index < -0.39 is 11.9 Å². The molecule has 1 heterocycles. The maximum Gasteiger partial charge on any atom is 0.306 e. The summed E-state index contributed by atoms with van der Waals surface area (Å²) in [5, 5.41) is 12.2. The lowest BCUT2D eigenvalue weighted by Gasteiger charge is -2.06. The Bertz CT molecular complexity index is 668. The number of rotatable bonds is 6. The van der Waals surface area contributed by atoms with E-state index in [0.29, 0.717) is 29.6 Å². The van der Waals surface area contributed by atoms with Crippen molar-refractivity contribution in [1.29, 1.82) is 0 Å². The van der Waals surface area contributed by atoms with Crippen LogP contribution in [0.25, 0.3) is 10.1 Å². The topological polar surface area (TPSA) is 66.4 Å². The van der Waals surface area contributed by atoms with Gasteiger partial charge in [-0.1, -0.05) is 6.92 Å². The fourth-order valence-electron chi connectivity index (χ4n) is 1.95. The second-order valence-electron chi connectivity index (χ2n) is 4.93. The highest BCUT2D eigenvalue weighted by atomic mass is 32.1. The van der Waals surface area contributed by atoms with Crippen molar-refractivity contribution < 1.29 is 19.1 Å². The Balaban J connectivity index is 1.89. The monoisotopic (exact) mass is 309 g/mol. The first-order chi connectivity index (χ1) is 9.97. The molecule has 6 heteroatoms. The Labute approximate surface area is 125 Å². The maximum atomic E-state index is 13.1. The smallest absolute Gasteiger partial charge is 0.306 e. The van der Waals surface area contributed by atoms with Crippen molar-refractivity contribution in [2.24, 2.45) is 5.92 Å². The molecule has 21 heavy (non-hydrogen) atoms. The van der Waals surface area contributed by atoms with E-state index in [4.69, 9.17) is 5.11 Å². The number of carboxylic acid groups (broad SMARTS) is 1. The van der Waals surface area contributed by atoms with Crippen LogP contribution in [0.3, 0.4) is 0 Å². The summed E-state index contributed by atoms with van der Waals surface area (Å²) in [5.74, 6) is -1.77. The van der Waals surface area contributed by atoms with Gasteiger partial charge in [-0.05, 0) is 42.5 Å². The summed E-state index contributed by atoms with van der Waals surface area (Å²) in [6.45, 7) is 2.07. The number of carboxylic acids is 1. The summed E-state index contributed by atoms with van der Waals surface area (Å²) < 4.78 is 14.0. The van der Waals surface area contributed by atoms with E-state index in [-0.39, 0.29) is 11.7 Å². The molecular formula is C15H16FNO3S. The van der Waals surface area contributed by atoms with Crippen LogP contribution in [0.1, 0.15) is 29.4 Å². The van der Waals surface area contributed by atoms with Gasteiger partial charge in [0.2, 0.25) is 0 Å². The summed E-state index contributed by atoms with van der Waals surface area (Å²) in [7, 11) is 0. The summed E-state index contributed by atoms with van der Waals surface area (Å²) in [4.78, 5) is 23.2. The largest absolute Gasteiger partial charge is 0.481 e. The second kappa shape index (κ2) is 6.67. The van der Waals surface area contributed by atoms with Gasteiger partial charge >= 0.3 is 5.97 Å². The van der Waals surface area contributed by atoms with Gasteiger partial charge in [0.05, 0.1) is 10.8 Å². The third-order valence-electron chi connectivity index (χ3n) is 3.22. The molecule has 0 aliphatic carbocycles. The van der Waals surface area contributed by atoms with E-state index in [1.807, 2.05) is 0 Å². The Kier molecular flexibility index (Phi) is 4.90. The standard InChI is InChI=1S/C15H16FNO3S/c1-9(15(19)20)3-2-6-17-14(18)13-8-10-7-11(16)4-5-12(10)21-13/h4-5,7-9H,2-3,6H2,1H3,(H,17,18)(H,19,20). The molecule has 0 bridgehead atoms. The number of fused-ring (bicyclic) bond motifs is 1. The molecule has 0 aliphatic rings. The van der Waals surface area contributed by atoms with Crippen molar-refractivity contribution in [2.45, 2.75) is 19.8 Å². The highest BCUT2D eigenvalue weighted by Gasteiger charge is 2.12. The van der Waals surface area contributed by atoms with Crippen LogP contribution in [-0.4, -0.2) is 23.5 Å². The van der Waals surface area contributed by atoms with Crippen LogP contribution in [0, 0.1) is 11.7 Å². The minimum atomic E-state index is -0.826. The number of thiophene rings is 1. The molecule has 0 saturated heterocycles. The van der Waals surface area contributed by atoms with Crippen LogP contribution in [0.2, 0.25) is 0 Å². The van der Waals surface area contributed by atoms with Crippen molar-refractivity contribution in [3.05, 3.63) is 35.0 Å². The normalized spacial score (nSPS) is 12.3. The van der Waals surface area contributed by atoms with Gasteiger partial charge in [-0.15, -0.1) is 11.3 Å². The first-order valence-corrected chi connectivity index (χ1v) is 7.49. The number of amides is 1. The number of aliphatic carboxylic acids is 1. The van der Waals surface area contributed by atoms with Crippen molar-refractivity contribution in [3.63, 3.8) is 0 Å². The molecule has 0 aliphatic heterocycles. The number of halogens is 1. The molecular weight excluding hydrogens is 293 g/mol. The molecule has 0 saturated carbocycles. The Morgan fingerprint density at radius 3 is 2.86 bits per heavy atom. The lowest BCUT2D eigenvalue weighted by atomic mass is 10.1. The third-order valence-corrected chi connectivity index (χ3v) is 4.34. The molecule has 2 rings (SSSR count). The van der Waals surface area contributed by atoms with Gasteiger partial charge in [0.25, 0.3) is 5.91 Å². The summed E-state index contributed by atoms with van der Waals surface area (Å²) in [5.41, 5.74) is 0. The number of benzene rings is 1. The minimum absolute atomic E-state index is 0.209. The van der Waals surface area contributed by atoms with E-state index in [1.54, 1.807) is 19.1 Å². The molecule has 1 aromatic carbocycles. The number of hydrogen-bond donors (Lipinski definition) is 2. The van der Waals surface area contributed by atoms with Crippen LogP contribution in [0.15, 0.2) is 24.3 Å². The van der Waals surface area contributed by atoms with Crippen molar-refractivity contribution in [2.75, 3.05) is 6.54 Å². The number of carbonyl (C=O) groups excluding carboxylic acids is 1. The Hall–Kier alpha value is -1.95. The van der Waals surface area contributed by atoms with Gasteiger partial charge in [-0.2, -0.15) is 0 Å². The fraction of sp³-hybridized carbons (Fsp3) is 0.333. The zero-order valence-corrected chi connectivity index (χ0v) is 12.4. The van der Waals surface area contributed by atoms with Gasteiger partial charge in [0, 0.05) is 11.2 Å². The molecule has 2 aromatic rings. The zero-order valence-electron chi connectivity index (χ0n) is 11.6. The highest BCUT2D eigenvalue weighted by Crippen LogP contribution is 2.26. The molecule has 0 fully saturated rings. The van der Waals surface area contributed by atoms with Crippen molar-refractivity contribution in [1.82, 2.24) is 5.32 Å². The lowest BCUT2D eigenvalue weighted by Crippen LogP contribution is -2.24. The molecule has 4 nitrogen and oxygen atoms in total. The van der Waals surface area contributed by atoms with E-state index in [2.05, 4.69) is 5.32 Å². The molecule has 112 valence electrons. The fourth-order valence-corrected chi connectivity index (χ4v) is 2.91. The molecule has 2 N–H and O–H groups in total. The lowest BCUT2D eigenvalue weighted by molar-refractivity contribution is -0.141.